The Bertz CT molecular complexity index is 1290. The molecule has 0 bridgehead atoms. The average molecular weight is 535 g/mol. The van der Waals surface area contributed by atoms with Crippen molar-refractivity contribution >= 4 is 62.1 Å². The first-order valence-corrected chi connectivity index (χ1v) is 12.9. The second kappa shape index (κ2) is 11.3. The molecule has 0 saturated carbocycles. The summed E-state index contributed by atoms with van der Waals surface area (Å²) in [7, 11) is -3.89. The molecule has 0 radical (unpaired) electrons. The summed E-state index contributed by atoms with van der Waals surface area (Å²) in [6, 6.07) is 11.0. The number of carbonyl (C=O) groups is 5. The minimum atomic E-state index is -3.89. The number of thioether (sulfide) groups is 1. The summed E-state index contributed by atoms with van der Waals surface area (Å²) in [5.41, 5.74) is 0.944. The molecule has 2 aromatic rings. The van der Waals surface area contributed by atoms with E-state index in [1.165, 1.54) is 48.5 Å². The van der Waals surface area contributed by atoms with E-state index < -0.39 is 50.7 Å². The highest BCUT2D eigenvalue weighted by molar-refractivity contribution is 8.15. The number of carbonyl (C=O) groups excluding carboxylic acids is 5. The zero-order valence-electron chi connectivity index (χ0n) is 18.9. The first-order valence-electron chi connectivity index (χ1n) is 10.5. The van der Waals surface area contributed by atoms with Crippen LogP contribution in [0.4, 0.5) is 16.2 Å². The van der Waals surface area contributed by atoms with Gasteiger partial charge in [-0.1, -0.05) is 11.8 Å². The minimum absolute atomic E-state index is 0.141. The Balaban J connectivity index is 1.53. The first kappa shape index (κ1) is 26.8. The maximum absolute atomic E-state index is 12.6. The summed E-state index contributed by atoms with van der Waals surface area (Å²) in [5.74, 6) is -2.39. The van der Waals surface area contributed by atoms with E-state index in [1.807, 2.05) is 0 Å². The largest absolute Gasteiger partial charge is 0.462 e. The number of anilines is 2. The molecule has 0 spiro atoms. The number of nitrogens with one attached hydrogen (secondary N) is 2. The topological polar surface area (TPSA) is 182 Å². The summed E-state index contributed by atoms with van der Waals surface area (Å²) >= 11 is 0.640. The first-order chi connectivity index (χ1) is 17.0. The Kier molecular flexibility index (Phi) is 8.45. The van der Waals surface area contributed by atoms with Crippen LogP contribution in [-0.2, 0) is 29.1 Å². The van der Waals surface area contributed by atoms with Gasteiger partial charge in [0.05, 0.1) is 17.1 Å². The van der Waals surface area contributed by atoms with E-state index in [0.29, 0.717) is 23.0 Å². The highest BCUT2D eigenvalue weighted by Gasteiger charge is 2.41. The van der Waals surface area contributed by atoms with Crippen molar-refractivity contribution in [2.45, 2.75) is 23.5 Å². The molecule has 12 nitrogen and oxygen atoms in total. The van der Waals surface area contributed by atoms with E-state index in [4.69, 9.17) is 9.88 Å². The van der Waals surface area contributed by atoms with Crippen molar-refractivity contribution in [1.82, 2.24) is 4.90 Å². The van der Waals surface area contributed by atoms with E-state index in [1.54, 1.807) is 6.92 Å². The number of esters is 1. The van der Waals surface area contributed by atoms with Gasteiger partial charge in [0, 0.05) is 17.8 Å². The monoisotopic (exact) mass is 534 g/mol. The lowest BCUT2D eigenvalue weighted by Crippen LogP contribution is -2.38. The van der Waals surface area contributed by atoms with Gasteiger partial charge in [0.2, 0.25) is 27.7 Å². The maximum Gasteiger partial charge on any atom is 0.338 e. The molecule has 190 valence electrons. The lowest BCUT2D eigenvalue weighted by Gasteiger charge is -2.14. The van der Waals surface area contributed by atoms with Crippen molar-refractivity contribution in [2.24, 2.45) is 5.14 Å². The molecule has 36 heavy (non-hydrogen) atoms. The van der Waals surface area contributed by atoms with Crippen LogP contribution in [0.2, 0.25) is 0 Å². The number of primary sulfonamides is 1. The average Bonchev–Trinajstić information content (AvgIpc) is 3.06. The molecule has 0 aliphatic carbocycles. The molecule has 1 saturated heterocycles. The molecule has 2 aromatic carbocycles. The molecular weight excluding hydrogens is 512 g/mol. The normalized spacial score (nSPS) is 15.5. The SMILES string of the molecule is CCOC(=O)c1ccc(NC(=O)C[C@H]2SC(=O)N(CC(=O)Nc3ccc(S(N)(=O)=O)cc3)C2=O)cc1. The molecule has 0 unspecified atom stereocenters. The van der Waals surface area contributed by atoms with Gasteiger partial charge in [0.15, 0.2) is 0 Å². The van der Waals surface area contributed by atoms with Gasteiger partial charge in [-0.25, -0.2) is 18.4 Å². The third kappa shape index (κ3) is 6.90. The molecule has 1 heterocycles. The minimum Gasteiger partial charge on any atom is -0.462 e. The predicted octanol–water partition coefficient (Wildman–Crippen LogP) is 1.54. The summed E-state index contributed by atoms with van der Waals surface area (Å²) in [4.78, 5) is 61.9. The number of benzene rings is 2. The highest BCUT2D eigenvalue weighted by atomic mass is 32.2. The number of rotatable bonds is 9. The van der Waals surface area contributed by atoms with Gasteiger partial charge in [-0.3, -0.25) is 24.1 Å². The summed E-state index contributed by atoms with van der Waals surface area (Å²) < 4.78 is 27.5. The van der Waals surface area contributed by atoms with Gasteiger partial charge >= 0.3 is 5.97 Å². The van der Waals surface area contributed by atoms with Gasteiger partial charge in [-0.05, 0) is 55.5 Å². The Morgan fingerprint density at radius 2 is 1.53 bits per heavy atom. The number of nitrogens with two attached hydrogens (primary N) is 1. The van der Waals surface area contributed by atoms with Crippen molar-refractivity contribution in [3.63, 3.8) is 0 Å². The number of sulfonamides is 1. The van der Waals surface area contributed by atoms with Crippen molar-refractivity contribution in [2.75, 3.05) is 23.8 Å². The van der Waals surface area contributed by atoms with Crippen molar-refractivity contribution in [3.8, 4) is 0 Å². The fourth-order valence-electron chi connectivity index (χ4n) is 3.13. The van der Waals surface area contributed by atoms with Crippen molar-refractivity contribution in [3.05, 3.63) is 54.1 Å². The number of hydrogen-bond acceptors (Lipinski definition) is 9. The third-order valence-electron chi connectivity index (χ3n) is 4.82. The number of ether oxygens (including phenoxy) is 1. The van der Waals surface area contributed by atoms with Crippen LogP contribution in [0.1, 0.15) is 23.7 Å². The standard InChI is InChI=1S/C22H22N4O8S2/c1-2-34-21(30)13-3-5-14(6-4-13)24-18(27)11-17-20(29)26(22(31)35-17)12-19(28)25-15-7-9-16(10-8-15)36(23,32)33/h3-10,17H,2,11-12H2,1H3,(H,24,27)(H,25,28)(H2,23,32,33)/t17-/m1/s1. The lowest BCUT2D eigenvalue weighted by molar-refractivity contribution is -0.131. The van der Waals surface area contributed by atoms with E-state index in [0.717, 1.165) is 4.90 Å². The van der Waals surface area contributed by atoms with Crippen molar-refractivity contribution < 1.29 is 37.1 Å². The van der Waals surface area contributed by atoms with Crippen LogP contribution in [0.3, 0.4) is 0 Å². The smallest absolute Gasteiger partial charge is 0.338 e. The zero-order chi connectivity index (χ0) is 26.5. The molecule has 4 amide bonds. The molecule has 1 aliphatic rings. The van der Waals surface area contributed by atoms with Crippen LogP contribution >= 0.6 is 11.8 Å². The predicted molar refractivity (Wildman–Crippen MR) is 131 cm³/mol. The number of nitrogens with zero attached hydrogens (tertiary/aromatic N) is 1. The second-order valence-electron chi connectivity index (χ2n) is 7.46. The van der Waals surface area contributed by atoms with E-state index >= 15 is 0 Å². The Morgan fingerprint density at radius 3 is 2.08 bits per heavy atom. The van der Waals surface area contributed by atoms with Gasteiger partial charge in [0.25, 0.3) is 5.24 Å². The summed E-state index contributed by atoms with van der Waals surface area (Å²) in [5, 5.41) is 8.39. The molecular formula is C22H22N4O8S2. The third-order valence-corrected chi connectivity index (χ3v) is 6.83. The highest BCUT2D eigenvalue weighted by Crippen LogP contribution is 2.29. The van der Waals surface area contributed by atoms with E-state index in [-0.39, 0.29) is 23.6 Å². The number of hydrogen-bond donors (Lipinski definition) is 3. The van der Waals surface area contributed by atoms with Crippen LogP contribution in [0, 0.1) is 0 Å². The van der Waals surface area contributed by atoms with E-state index in [2.05, 4.69) is 10.6 Å². The lowest BCUT2D eigenvalue weighted by atomic mass is 10.2. The number of amides is 4. The van der Waals surface area contributed by atoms with Crippen molar-refractivity contribution in [1.29, 1.82) is 0 Å². The fourth-order valence-corrected chi connectivity index (χ4v) is 4.63. The van der Waals surface area contributed by atoms with Gasteiger partial charge in [-0.15, -0.1) is 0 Å². The zero-order valence-corrected chi connectivity index (χ0v) is 20.6. The Morgan fingerprint density at radius 1 is 0.972 bits per heavy atom. The maximum atomic E-state index is 12.6. The Hall–Kier alpha value is -3.75. The molecule has 14 heteroatoms. The van der Waals surface area contributed by atoms with Crippen LogP contribution in [-0.4, -0.2) is 60.6 Å². The molecule has 0 aromatic heterocycles. The van der Waals surface area contributed by atoms with E-state index in [9.17, 15) is 32.4 Å². The van der Waals surface area contributed by atoms with Crippen LogP contribution < -0.4 is 15.8 Å². The van der Waals surface area contributed by atoms with Crippen LogP contribution in [0.25, 0.3) is 0 Å². The van der Waals surface area contributed by atoms with Gasteiger partial charge < -0.3 is 15.4 Å². The summed E-state index contributed by atoms with van der Waals surface area (Å²) in [6.07, 6.45) is -0.304. The molecule has 1 aliphatic heterocycles. The molecule has 3 rings (SSSR count). The Labute approximate surface area is 210 Å². The molecule has 1 atom stereocenters. The quantitative estimate of drug-likeness (QED) is 0.402. The van der Waals surface area contributed by atoms with Crippen LogP contribution in [0.15, 0.2) is 53.4 Å². The molecule has 1 fully saturated rings. The fraction of sp³-hybridized carbons (Fsp3) is 0.227. The second-order valence-corrected chi connectivity index (χ2v) is 10.2. The van der Waals surface area contributed by atoms with Gasteiger partial charge in [0.1, 0.15) is 11.8 Å². The van der Waals surface area contributed by atoms with Crippen LogP contribution in [0.5, 0.6) is 0 Å². The van der Waals surface area contributed by atoms with Gasteiger partial charge in [-0.2, -0.15) is 0 Å². The number of imide groups is 1. The molecule has 4 N–H and O–H groups in total. The summed E-state index contributed by atoms with van der Waals surface area (Å²) in [6.45, 7) is 1.34.